The van der Waals surface area contributed by atoms with Crippen molar-refractivity contribution in [3.05, 3.63) is 16.7 Å². The molecule has 12 heavy (non-hydrogen) atoms. The molecule has 1 aromatic rings. The molecule has 4 nitrogen and oxygen atoms in total. The van der Waals surface area contributed by atoms with E-state index in [9.17, 15) is 4.79 Å². The third kappa shape index (κ3) is 1.73. The molecule has 0 spiro atoms. The number of esters is 1. The highest BCUT2D eigenvalue weighted by Gasteiger charge is 2.04. The van der Waals surface area contributed by atoms with Gasteiger partial charge in [-0.1, -0.05) is 0 Å². The van der Waals surface area contributed by atoms with Gasteiger partial charge in [0, 0.05) is 11.9 Å². The lowest BCUT2D eigenvalue weighted by molar-refractivity contribution is -0.141. The van der Waals surface area contributed by atoms with Gasteiger partial charge >= 0.3 is 5.97 Å². The van der Waals surface area contributed by atoms with Crippen molar-refractivity contribution in [2.75, 3.05) is 7.11 Å². The van der Waals surface area contributed by atoms with Gasteiger partial charge in [0.15, 0.2) is 4.77 Å². The fourth-order valence-corrected chi connectivity index (χ4v) is 1.14. The topological polar surface area (TPSA) is 47.0 Å². The number of hydrogen-bond acceptors (Lipinski definition) is 3. The van der Waals surface area contributed by atoms with Crippen molar-refractivity contribution < 1.29 is 9.53 Å². The number of nitrogens with zero attached hydrogens (tertiary/aromatic N) is 1. The Kier molecular flexibility index (Phi) is 2.65. The Morgan fingerprint density at radius 2 is 2.50 bits per heavy atom. The number of nitrogens with one attached hydrogen (secondary N) is 1. The first-order valence-electron chi connectivity index (χ1n) is 3.46. The Morgan fingerprint density at radius 3 is 2.92 bits per heavy atom. The Morgan fingerprint density at radius 1 is 1.83 bits per heavy atom. The van der Waals surface area contributed by atoms with Crippen LogP contribution in [-0.4, -0.2) is 22.6 Å². The normalized spacial score (nSPS) is 9.83. The fraction of sp³-hybridized carbons (Fsp3) is 0.429. The molecule has 0 bridgehead atoms. The van der Waals surface area contributed by atoms with Crippen molar-refractivity contribution in [3.8, 4) is 0 Å². The fourth-order valence-electron chi connectivity index (χ4n) is 0.872. The molecular weight excluding hydrogens is 176 g/mol. The van der Waals surface area contributed by atoms with Gasteiger partial charge in [0.1, 0.15) is 6.54 Å². The van der Waals surface area contributed by atoms with E-state index in [0.717, 1.165) is 5.69 Å². The second kappa shape index (κ2) is 3.53. The number of carbonyl (C=O) groups excluding carboxylic acids is 1. The van der Waals surface area contributed by atoms with E-state index in [1.165, 1.54) is 7.11 Å². The summed E-state index contributed by atoms with van der Waals surface area (Å²) in [5.41, 5.74) is 0.922. The van der Waals surface area contributed by atoms with E-state index in [0.29, 0.717) is 4.77 Å². The predicted octanol–water partition coefficient (Wildman–Crippen LogP) is 1.03. The molecule has 66 valence electrons. The molecule has 0 aliphatic carbocycles. The maximum absolute atomic E-state index is 10.9. The van der Waals surface area contributed by atoms with Crippen LogP contribution < -0.4 is 0 Å². The first-order valence-corrected chi connectivity index (χ1v) is 3.87. The van der Waals surface area contributed by atoms with Gasteiger partial charge in [-0.05, 0) is 19.1 Å². The maximum Gasteiger partial charge on any atom is 0.325 e. The number of hydrogen-bond donors (Lipinski definition) is 1. The Bertz CT molecular complexity index is 339. The number of aromatic nitrogens is 2. The van der Waals surface area contributed by atoms with Gasteiger partial charge in [-0.15, -0.1) is 0 Å². The maximum atomic E-state index is 10.9. The van der Waals surface area contributed by atoms with Crippen LogP contribution in [0.15, 0.2) is 6.20 Å². The number of rotatable bonds is 2. The summed E-state index contributed by atoms with van der Waals surface area (Å²) in [7, 11) is 1.36. The second-order valence-electron chi connectivity index (χ2n) is 2.40. The molecule has 0 saturated heterocycles. The summed E-state index contributed by atoms with van der Waals surface area (Å²) in [5, 5.41) is 0. The average molecular weight is 186 g/mol. The molecule has 1 heterocycles. The molecule has 0 saturated carbocycles. The second-order valence-corrected chi connectivity index (χ2v) is 2.78. The van der Waals surface area contributed by atoms with E-state index in [1.807, 2.05) is 6.92 Å². The largest absolute Gasteiger partial charge is 0.468 e. The molecule has 0 fully saturated rings. The molecule has 0 radical (unpaired) electrons. The number of H-pyrrole nitrogens is 1. The SMILES string of the molecule is COC(=O)Cn1c(C)c[nH]c1=S. The van der Waals surface area contributed by atoms with Gasteiger partial charge in [0.05, 0.1) is 7.11 Å². The number of aromatic amines is 1. The van der Waals surface area contributed by atoms with E-state index in [4.69, 9.17) is 12.2 Å². The average Bonchev–Trinajstić information content (AvgIpc) is 2.35. The van der Waals surface area contributed by atoms with Crippen LogP contribution in [0.3, 0.4) is 0 Å². The zero-order chi connectivity index (χ0) is 9.14. The highest BCUT2D eigenvalue weighted by atomic mass is 32.1. The lowest BCUT2D eigenvalue weighted by Crippen LogP contribution is -2.12. The van der Waals surface area contributed by atoms with E-state index in [2.05, 4.69) is 9.72 Å². The lowest BCUT2D eigenvalue weighted by Gasteiger charge is -2.02. The molecule has 1 rings (SSSR count). The summed E-state index contributed by atoms with van der Waals surface area (Å²) in [6, 6.07) is 0. The quantitative estimate of drug-likeness (QED) is 0.554. The summed E-state index contributed by atoms with van der Waals surface area (Å²) in [4.78, 5) is 13.7. The Hall–Kier alpha value is -1.10. The minimum absolute atomic E-state index is 0.171. The van der Waals surface area contributed by atoms with Gasteiger partial charge in [-0.25, -0.2) is 0 Å². The number of carbonyl (C=O) groups is 1. The van der Waals surface area contributed by atoms with Crippen molar-refractivity contribution in [2.45, 2.75) is 13.5 Å². The van der Waals surface area contributed by atoms with Crippen molar-refractivity contribution in [1.29, 1.82) is 0 Å². The molecule has 0 atom stereocenters. The molecule has 1 N–H and O–H groups in total. The number of methoxy groups -OCH3 is 1. The monoisotopic (exact) mass is 186 g/mol. The minimum Gasteiger partial charge on any atom is -0.468 e. The van der Waals surface area contributed by atoms with Crippen LogP contribution in [0.25, 0.3) is 0 Å². The summed E-state index contributed by atoms with van der Waals surface area (Å²) < 4.78 is 6.74. The standard InChI is InChI=1S/C7H10N2O2S/c1-5-3-8-7(12)9(5)4-6(10)11-2/h3H,4H2,1-2H3,(H,8,12). The first-order chi connectivity index (χ1) is 5.65. The van der Waals surface area contributed by atoms with Gasteiger partial charge in [0.2, 0.25) is 0 Å². The third-order valence-corrected chi connectivity index (χ3v) is 1.93. The number of aryl methyl sites for hydroxylation is 1. The molecule has 5 heteroatoms. The molecule has 0 aliphatic heterocycles. The molecule has 0 amide bonds. The highest BCUT2D eigenvalue weighted by Crippen LogP contribution is 1.99. The lowest BCUT2D eigenvalue weighted by atomic mass is 10.5. The Balaban J connectivity index is 2.88. The molecule has 0 aromatic carbocycles. The van der Waals surface area contributed by atoms with Crippen LogP contribution in [0.5, 0.6) is 0 Å². The van der Waals surface area contributed by atoms with E-state index in [-0.39, 0.29) is 12.5 Å². The van der Waals surface area contributed by atoms with Gasteiger partial charge in [-0.2, -0.15) is 0 Å². The first kappa shape index (κ1) is 8.99. The summed E-state index contributed by atoms with van der Waals surface area (Å²) in [6.45, 7) is 2.04. The number of ether oxygens (including phenoxy) is 1. The van der Waals surface area contributed by atoms with Crippen molar-refractivity contribution in [1.82, 2.24) is 9.55 Å². The van der Waals surface area contributed by atoms with Gasteiger partial charge in [0.25, 0.3) is 0 Å². The van der Waals surface area contributed by atoms with E-state index >= 15 is 0 Å². The zero-order valence-electron chi connectivity index (χ0n) is 6.96. The highest BCUT2D eigenvalue weighted by molar-refractivity contribution is 7.71. The van der Waals surface area contributed by atoms with Crippen molar-refractivity contribution >= 4 is 18.2 Å². The van der Waals surface area contributed by atoms with Crippen LogP contribution in [0.2, 0.25) is 0 Å². The molecule has 1 aromatic heterocycles. The zero-order valence-corrected chi connectivity index (χ0v) is 7.77. The van der Waals surface area contributed by atoms with Crippen LogP contribution in [0.1, 0.15) is 5.69 Å². The minimum atomic E-state index is -0.297. The number of imidazole rings is 1. The van der Waals surface area contributed by atoms with Crippen LogP contribution >= 0.6 is 12.2 Å². The molecular formula is C7H10N2O2S. The van der Waals surface area contributed by atoms with Crippen molar-refractivity contribution in [2.24, 2.45) is 0 Å². The summed E-state index contributed by atoms with van der Waals surface area (Å²) in [5.74, 6) is -0.297. The van der Waals surface area contributed by atoms with Gasteiger partial charge in [-0.3, -0.25) is 4.79 Å². The molecule has 0 unspecified atom stereocenters. The van der Waals surface area contributed by atoms with Gasteiger partial charge < -0.3 is 14.3 Å². The Labute approximate surface area is 75.2 Å². The van der Waals surface area contributed by atoms with Crippen LogP contribution in [0.4, 0.5) is 0 Å². The van der Waals surface area contributed by atoms with Crippen molar-refractivity contribution in [3.63, 3.8) is 0 Å². The third-order valence-electron chi connectivity index (χ3n) is 1.59. The van der Waals surface area contributed by atoms with E-state index < -0.39 is 0 Å². The summed E-state index contributed by atoms with van der Waals surface area (Å²) in [6.07, 6.45) is 1.76. The summed E-state index contributed by atoms with van der Waals surface area (Å²) >= 11 is 4.94. The van der Waals surface area contributed by atoms with E-state index in [1.54, 1.807) is 10.8 Å². The van der Waals surface area contributed by atoms with Crippen LogP contribution in [0, 0.1) is 11.7 Å². The predicted molar refractivity (Wildman–Crippen MR) is 46.4 cm³/mol. The van der Waals surface area contributed by atoms with Crippen LogP contribution in [-0.2, 0) is 16.1 Å². The smallest absolute Gasteiger partial charge is 0.325 e. The molecule has 0 aliphatic rings.